The van der Waals surface area contributed by atoms with Crippen molar-refractivity contribution < 1.29 is 0 Å². The summed E-state index contributed by atoms with van der Waals surface area (Å²) in [5.41, 5.74) is 18.0. The van der Waals surface area contributed by atoms with E-state index in [1.165, 1.54) is 132 Å². The predicted octanol–water partition coefficient (Wildman–Crippen LogP) is 18.1. The molecule has 1 aliphatic carbocycles. The standard InChI is InChI=1S/C65H44/c1-65(2)59-27-15-14-18-49(59)50-37-36-48(40-60(50)65)64-57-25-12-8-21-53(57)62(54-22-9-13-26-58(54)64)43-30-28-41(29-31-43)44-32-33-46-39-47(35-34-45(46)38-44)63-55-23-10-6-19-51(55)61(42-16-4-3-5-17-42)52-20-7-11-24-56(52)63/h3-40H,1-2H3. The van der Waals surface area contributed by atoms with E-state index in [0.29, 0.717) is 0 Å². The minimum absolute atomic E-state index is 0.0657. The molecule has 304 valence electrons. The molecule has 0 amide bonds. The van der Waals surface area contributed by atoms with Crippen molar-refractivity contribution >= 4 is 53.9 Å². The molecule has 0 atom stereocenters. The topological polar surface area (TPSA) is 0 Å². The van der Waals surface area contributed by atoms with Gasteiger partial charge in [-0.2, -0.15) is 0 Å². The first-order valence-corrected chi connectivity index (χ1v) is 22.8. The third-order valence-corrected chi connectivity index (χ3v) is 14.4. The Morgan fingerprint density at radius 1 is 0.231 bits per heavy atom. The summed E-state index contributed by atoms with van der Waals surface area (Å²) in [6.45, 7) is 4.74. The molecule has 65 heavy (non-hydrogen) atoms. The van der Waals surface area contributed by atoms with Crippen molar-refractivity contribution in [2.75, 3.05) is 0 Å². The van der Waals surface area contributed by atoms with Crippen LogP contribution >= 0.6 is 0 Å². The summed E-state index contributed by atoms with van der Waals surface area (Å²) < 4.78 is 0. The lowest BCUT2D eigenvalue weighted by Gasteiger charge is -2.23. The molecule has 0 aliphatic heterocycles. The molecular weight excluding hydrogens is 781 g/mol. The van der Waals surface area contributed by atoms with Crippen molar-refractivity contribution in [2.45, 2.75) is 19.3 Å². The van der Waals surface area contributed by atoms with Gasteiger partial charge in [0.2, 0.25) is 0 Å². The molecule has 0 heterocycles. The third kappa shape index (κ3) is 5.77. The van der Waals surface area contributed by atoms with Crippen LogP contribution in [0.4, 0.5) is 0 Å². The van der Waals surface area contributed by atoms with Gasteiger partial charge in [-0.05, 0) is 150 Å². The summed E-state index contributed by atoms with van der Waals surface area (Å²) in [4.78, 5) is 0. The van der Waals surface area contributed by atoms with E-state index in [1.807, 2.05) is 0 Å². The number of benzene rings is 12. The van der Waals surface area contributed by atoms with Crippen molar-refractivity contribution in [1.29, 1.82) is 0 Å². The zero-order chi connectivity index (χ0) is 43.2. The van der Waals surface area contributed by atoms with E-state index >= 15 is 0 Å². The molecule has 0 bridgehead atoms. The highest BCUT2D eigenvalue weighted by molar-refractivity contribution is 6.23. The molecule has 12 aromatic carbocycles. The largest absolute Gasteiger partial charge is 0.0622 e. The minimum Gasteiger partial charge on any atom is -0.0622 e. The van der Waals surface area contributed by atoms with Crippen LogP contribution in [0, 0.1) is 0 Å². The van der Waals surface area contributed by atoms with Gasteiger partial charge in [0.25, 0.3) is 0 Å². The van der Waals surface area contributed by atoms with Gasteiger partial charge in [0.05, 0.1) is 0 Å². The fourth-order valence-corrected chi connectivity index (χ4v) is 11.4. The lowest BCUT2D eigenvalue weighted by atomic mass is 9.80. The minimum atomic E-state index is -0.0657. The Morgan fingerprint density at radius 3 is 1.09 bits per heavy atom. The maximum atomic E-state index is 2.47. The maximum absolute atomic E-state index is 2.47. The van der Waals surface area contributed by atoms with E-state index in [4.69, 9.17) is 0 Å². The zero-order valence-electron chi connectivity index (χ0n) is 36.4. The van der Waals surface area contributed by atoms with Gasteiger partial charge in [-0.1, -0.05) is 226 Å². The molecule has 0 unspecified atom stereocenters. The molecule has 0 nitrogen and oxygen atoms in total. The fourth-order valence-electron chi connectivity index (χ4n) is 11.4. The van der Waals surface area contributed by atoms with Crippen molar-refractivity contribution in [2.24, 2.45) is 0 Å². The smallest absolute Gasteiger partial charge is 0.0159 e. The van der Waals surface area contributed by atoms with Crippen molar-refractivity contribution in [3.8, 4) is 66.8 Å². The predicted molar refractivity (Wildman–Crippen MR) is 279 cm³/mol. The summed E-state index contributed by atoms with van der Waals surface area (Å²) in [5.74, 6) is 0. The Kier molecular flexibility index (Phi) is 8.36. The van der Waals surface area contributed by atoms with Gasteiger partial charge >= 0.3 is 0 Å². The molecule has 12 aromatic rings. The molecule has 0 saturated heterocycles. The van der Waals surface area contributed by atoms with Crippen LogP contribution in [0.5, 0.6) is 0 Å². The van der Waals surface area contributed by atoms with Crippen molar-refractivity contribution in [3.05, 3.63) is 242 Å². The second-order valence-corrected chi connectivity index (χ2v) is 18.3. The average Bonchev–Trinajstić information content (AvgIpc) is 3.59. The third-order valence-electron chi connectivity index (χ3n) is 14.4. The molecule has 1 aliphatic rings. The van der Waals surface area contributed by atoms with E-state index < -0.39 is 0 Å². The van der Waals surface area contributed by atoms with Crippen LogP contribution in [0.3, 0.4) is 0 Å². The lowest BCUT2D eigenvalue weighted by Crippen LogP contribution is -2.14. The second kappa shape index (κ2) is 14.5. The molecule has 0 saturated carbocycles. The zero-order valence-corrected chi connectivity index (χ0v) is 36.4. The highest BCUT2D eigenvalue weighted by Crippen LogP contribution is 2.51. The van der Waals surface area contributed by atoms with Crippen LogP contribution < -0.4 is 0 Å². The van der Waals surface area contributed by atoms with Crippen LogP contribution in [-0.2, 0) is 5.41 Å². The normalized spacial score (nSPS) is 12.9. The number of hydrogen-bond acceptors (Lipinski definition) is 0. The molecule has 0 heteroatoms. The van der Waals surface area contributed by atoms with Crippen LogP contribution in [0.25, 0.3) is 121 Å². The van der Waals surface area contributed by atoms with E-state index in [9.17, 15) is 0 Å². The molecule has 0 fully saturated rings. The highest BCUT2D eigenvalue weighted by atomic mass is 14.4. The molecule has 0 N–H and O–H groups in total. The monoisotopic (exact) mass is 824 g/mol. The summed E-state index contributed by atoms with van der Waals surface area (Å²) >= 11 is 0. The first-order valence-electron chi connectivity index (χ1n) is 22.8. The number of fused-ring (bicyclic) bond motifs is 8. The van der Waals surface area contributed by atoms with Crippen molar-refractivity contribution in [3.63, 3.8) is 0 Å². The molecule has 0 spiro atoms. The average molecular weight is 825 g/mol. The van der Waals surface area contributed by atoms with E-state index in [2.05, 4.69) is 244 Å². The summed E-state index contributed by atoms with van der Waals surface area (Å²) in [5, 5.41) is 12.7. The Labute approximate surface area is 379 Å². The summed E-state index contributed by atoms with van der Waals surface area (Å²) in [6.07, 6.45) is 0. The van der Waals surface area contributed by atoms with Gasteiger partial charge in [0, 0.05) is 5.41 Å². The Morgan fingerprint density at radius 2 is 0.569 bits per heavy atom. The molecular formula is C65H44. The van der Waals surface area contributed by atoms with Crippen LogP contribution in [0.1, 0.15) is 25.0 Å². The van der Waals surface area contributed by atoms with Crippen LogP contribution in [-0.4, -0.2) is 0 Å². The van der Waals surface area contributed by atoms with Crippen LogP contribution in [0.15, 0.2) is 231 Å². The number of hydrogen-bond donors (Lipinski definition) is 0. The Bertz CT molecular complexity index is 3770. The van der Waals surface area contributed by atoms with E-state index in [-0.39, 0.29) is 5.41 Å². The van der Waals surface area contributed by atoms with E-state index in [0.717, 1.165) is 0 Å². The molecule has 0 aromatic heterocycles. The molecule has 13 rings (SSSR count). The van der Waals surface area contributed by atoms with Gasteiger partial charge in [0.15, 0.2) is 0 Å². The van der Waals surface area contributed by atoms with Gasteiger partial charge in [-0.25, -0.2) is 0 Å². The summed E-state index contributed by atoms with van der Waals surface area (Å²) in [6, 6.07) is 85.9. The lowest BCUT2D eigenvalue weighted by molar-refractivity contribution is 0.660. The Hall–Kier alpha value is -8.06. The number of rotatable bonds is 5. The van der Waals surface area contributed by atoms with E-state index in [1.54, 1.807) is 0 Å². The fraction of sp³-hybridized carbons (Fsp3) is 0.0462. The highest BCUT2D eigenvalue weighted by Gasteiger charge is 2.35. The Balaban J connectivity index is 0.886. The first kappa shape index (κ1) is 37.5. The summed E-state index contributed by atoms with van der Waals surface area (Å²) in [7, 11) is 0. The quantitative estimate of drug-likeness (QED) is 0.152. The van der Waals surface area contributed by atoms with Gasteiger partial charge in [-0.3, -0.25) is 0 Å². The van der Waals surface area contributed by atoms with Gasteiger partial charge < -0.3 is 0 Å². The molecule has 0 radical (unpaired) electrons. The first-order chi connectivity index (χ1) is 32.0. The van der Waals surface area contributed by atoms with Crippen LogP contribution in [0.2, 0.25) is 0 Å². The van der Waals surface area contributed by atoms with Gasteiger partial charge in [0.1, 0.15) is 0 Å². The SMILES string of the molecule is CC1(C)c2ccccc2-c2ccc(-c3c4ccccc4c(-c4ccc(-c5ccc6cc(-c7c8ccccc8c(-c8ccccc8)c8ccccc78)ccc6c5)cc4)c4ccccc34)cc21. The second-order valence-electron chi connectivity index (χ2n) is 18.3. The van der Waals surface area contributed by atoms with Gasteiger partial charge in [-0.15, -0.1) is 0 Å². The maximum Gasteiger partial charge on any atom is 0.0159 e. The van der Waals surface area contributed by atoms with Crippen molar-refractivity contribution in [1.82, 2.24) is 0 Å².